The molecule has 1 saturated heterocycles. The third kappa shape index (κ3) is 3.55. The molecule has 6 heteroatoms. The Kier molecular flexibility index (Phi) is 5.13. The van der Waals surface area contributed by atoms with Crippen LogP contribution in [0.2, 0.25) is 0 Å². The lowest BCUT2D eigenvalue weighted by Gasteiger charge is -2.45. The fourth-order valence-corrected chi connectivity index (χ4v) is 5.51. The number of Topliss-reactive ketones (excluding diaryl/α,β-unsaturated/α-hetero) is 2. The Morgan fingerprint density at radius 1 is 0.933 bits per heavy atom. The van der Waals surface area contributed by atoms with Crippen molar-refractivity contribution in [1.82, 2.24) is 4.90 Å². The van der Waals surface area contributed by atoms with Gasteiger partial charge in [0.1, 0.15) is 28.6 Å². The second-order valence-corrected chi connectivity index (χ2v) is 8.92. The second-order valence-electron chi connectivity index (χ2n) is 7.94. The Hall–Kier alpha value is -2.57. The van der Waals surface area contributed by atoms with E-state index < -0.39 is 11.6 Å². The number of carbonyl (C=O) groups excluding carboxylic acids is 2. The van der Waals surface area contributed by atoms with Gasteiger partial charge in [0, 0.05) is 49.4 Å². The third-order valence-electron chi connectivity index (χ3n) is 6.02. The molecular weight excluding hydrogens is 398 g/mol. The summed E-state index contributed by atoms with van der Waals surface area (Å²) >= 11 is 1.49. The summed E-state index contributed by atoms with van der Waals surface area (Å²) in [7, 11) is 0. The molecule has 2 heterocycles. The molecule has 0 N–H and O–H groups in total. The number of carbonyl (C=O) groups is 2. The van der Waals surface area contributed by atoms with Crippen molar-refractivity contribution in [3.05, 3.63) is 70.6 Å². The molecule has 0 bridgehead atoms. The van der Waals surface area contributed by atoms with Crippen LogP contribution in [0.15, 0.2) is 59.5 Å². The smallest absolute Gasteiger partial charge is 0.243 e. The van der Waals surface area contributed by atoms with E-state index in [0.717, 1.165) is 43.8 Å². The Morgan fingerprint density at radius 2 is 1.63 bits per heavy atom. The lowest BCUT2D eigenvalue weighted by molar-refractivity contribution is -0.111. The van der Waals surface area contributed by atoms with Gasteiger partial charge in [-0.15, -0.1) is 11.8 Å². The van der Waals surface area contributed by atoms with E-state index in [-0.39, 0.29) is 5.60 Å². The zero-order valence-electron chi connectivity index (χ0n) is 16.6. The van der Waals surface area contributed by atoms with Crippen molar-refractivity contribution >= 4 is 29.1 Å². The summed E-state index contributed by atoms with van der Waals surface area (Å²) < 4.78 is 12.3. The van der Waals surface area contributed by atoms with Crippen LogP contribution in [-0.2, 0) is 9.53 Å². The quantitative estimate of drug-likeness (QED) is 0.700. The minimum Gasteiger partial charge on any atom is -0.492 e. The van der Waals surface area contributed by atoms with Crippen molar-refractivity contribution in [2.24, 2.45) is 0 Å². The van der Waals surface area contributed by atoms with Crippen LogP contribution in [0.1, 0.15) is 28.8 Å². The molecule has 0 radical (unpaired) electrons. The number of likely N-dealkylation sites (tertiary alicyclic amines) is 1. The van der Waals surface area contributed by atoms with E-state index in [9.17, 15) is 9.59 Å². The van der Waals surface area contributed by atoms with Gasteiger partial charge < -0.3 is 9.47 Å². The normalized spacial score (nSPS) is 20.5. The SMILES string of the molecule is O=C1C(=O)c2ccccc2C2=C1SCC1(CCN(CCOc3ccccc3)CC1)O2. The van der Waals surface area contributed by atoms with Crippen molar-refractivity contribution in [2.75, 3.05) is 32.0 Å². The number of piperidine rings is 1. The topological polar surface area (TPSA) is 55.8 Å². The maximum atomic E-state index is 12.6. The molecule has 5 nitrogen and oxygen atoms in total. The number of benzene rings is 2. The van der Waals surface area contributed by atoms with Gasteiger partial charge in [-0.25, -0.2) is 0 Å². The van der Waals surface area contributed by atoms with Gasteiger partial charge in [0.2, 0.25) is 11.6 Å². The van der Waals surface area contributed by atoms with E-state index in [1.165, 1.54) is 11.8 Å². The summed E-state index contributed by atoms with van der Waals surface area (Å²) in [5.74, 6) is 1.35. The summed E-state index contributed by atoms with van der Waals surface area (Å²) in [6.45, 7) is 3.39. The van der Waals surface area contributed by atoms with E-state index in [4.69, 9.17) is 9.47 Å². The zero-order chi connectivity index (χ0) is 20.6. The monoisotopic (exact) mass is 421 g/mol. The van der Waals surface area contributed by atoms with Crippen LogP contribution >= 0.6 is 11.8 Å². The molecule has 0 saturated carbocycles. The average molecular weight is 422 g/mol. The van der Waals surface area contributed by atoms with Crippen LogP contribution in [0.25, 0.3) is 5.76 Å². The Balaban J connectivity index is 1.24. The van der Waals surface area contributed by atoms with Crippen molar-refractivity contribution in [3.8, 4) is 5.75 Å². The molecule has 30 heavy (non-hydrogen) atoms. The maximum absolute atomic E-state index is 12.6. The zero-order valence-corrected chi connectivity index (χ0v) is 17.5. The van der Waals surface area contributed by atoms with Gasteiger partial charge in [-0.1, -0.05) is 42.5 Å². The van der Waals surface area contributed by atoms with Gasteiger partial charge in [0.15, 0.2) is 0 Å². The Labute approximate surface area is 180 Å². The van der Waals surface area contributed by atoms with Crippen LogP contribution < -0.4 is 4.74 Å². The fraction of sp³-hybridized carbons (Fsp3) is 0.333. The number of thioether (sulfide) groups is 1. The lowest BCUT2D eigenvalue weighted by Crippen LogP contribution is -2.50. The number of rotatable bonds is 4. The highest BCUT2D eigenvalue weighted by atomic mass is 32.2. The molecule has 1 spiro atoms. The highest BCUT2D eigenvalue weighted by Crippen LogP contribution is 2.47. The second kappa shape index (κ2) is 7.93. The largest absolute Gasteiger partial charge is 0.492 e. The minimum atomic E-state index is -0.431. The average Bonchev–Trinajstić information content (AvgIpc) is 2.80. The summed E-state index contributed by atoms with van der Waals surface area (Å²) in [5.41, 5.74) is 0.922. The number of allylic oxidation sites excluding steroid dienone is 1. The van der Waals surface area contributed by atoms with Gasteiger partial charge in [-0.05, 0) is 12.1 Å². The van der Waals surface area contributed by atoms with E-state index in [1.807, 2.05) is 42.5 Å². The molecule has 0 unspecified atom stereocenters. The van der Waals surface area contributed by atoms with E-state index in [0.29, 0.717) is 28.6 Å². The van der Waals surface area contributed by atoms with Gasteiger partial charge in [0.25, 0.3) is 0 Å². The van der Waals surface area contributed by atoms with Crippen LogP contribution in [0.4, 0.5) is 0 Å². The molecule has 2 aromatic carbocycles. The molecule has 1 fully saturated rings. The molecule has 5 rings (SSSR count). The summed E-state index contributed by atoms with van der Waals surface area (Å²) in [5, 5.41) is 0. The van der Waals surface area contributed by atoms with Crippen LogP contribution in [0.3, 0.4) is 0 Å². The first kappa shape index (κ1) is 19.4. The van der Waals surface area contributed by atoms with E-state index in [1.54, 1.807) is 12.1 Å². The van der Waals surface area contributed by atoms with Crippen LogP contribution in [0.5, 0.6) is 5.75 Å². The molecular formula is C24H23NO4S. The number of hydrogen-bond acceptors (Lipinski definition) is 6. The molecule has 2 aliphatic heterocycles. The van der Waals surface area contributed by atoms with Crippen molar-refractivity contribution < 1.29 is 19.1 Å². The summed E-state index contributed by atoms with van der Waals surface area (Å²) in [4.78, 5) is 27.8. The Bertz CT molecular complexity index is 1010. The first-order chi connectivity index (χ1) is 14.7. The summed E-state index contributed by atoms with van der Waals surface area (Å²) in [6.07, 6.45) is 1.79. The molecule has 154 valence electrons. The van der Waals surface area contributed by atoms with Crippen molar-refractivity contribution in [3.63, 3.8) is 0 Å². The third-order valence-corrected chi connectivity index (χ3v) is 7.35. The van der Waals surface area contributed by atoms with Gasteiger partial charge in [-0.2, -0.15) is 0 Å². The van der Waals surface area contributed by atoms with E-state index >= 15 is 0 Å². The maximum Gasteiger partial charge on any atom is 0.243 e. The highest BCUT2D eigenvalue weighted by molar-refractivity contribution is 8.04. The number of fused-ring (bicyclic) bond motifs is 2. The lowest BCUT2D eigenvalue weighted by atomic mass is 9.90. The Morgan fingerprint density at radius 3 is 2.40 bits per heavy atom. The minimum absolute atomic E-state index is 0.284. The predicted octanol–water partition coefficient (Wildman–Crippen LogP) is 3.80. The number of para-hydroxylation sites is 1. The predicted molar refractivity (Wildman–Crippen MR) is 117 cm³/mol. The number of ether oxygens (including phenoxy) is 2. The first-order valence-corrected chi connectivity index (χ1v) is 11.3. The van der Waals surface area contributed by atoms with Crippen molar-refractivity contribution in [1.29, 1.82) is 0 Å². The number of nitrogens with zero attached hydrogens (tertiary/aromatic N) is 1. The standard InChI is InChI=1S/C24H23NO4S/c26-20-18-8-4-5-9-19(18)22-23(21(20)27)30-16-24(29-22)10-12-25(13-11-24)14-15-28-17-6-2-1-3-7-17/h1-9H,10-16H2. The first-order valence-electron chi connectivity index (χ1n) is 10.3. The highest BCUT2D eigenvalue weighted by Gasteiger charge is 2.45. The van der Waals surface area contributed by atoms with E-state index in [2.05, 4.69) is 4.90 Å². The number of ketones is 2. The summed E-state index contributed by atoms with van der Waals surface area (Å²) in [6, 6.07) is 17.1. The van der Waals surface area contributed by atoms with Crippen LogP contribution in [0, 0.1) is 0 Å². The fourth-order valence-electron chi connectivity index (χ4n) is 4.25. The molecule has 1 aliphatic carbocycles. The van der Waals surface area contributed by atoms with Gasteiger partial charge in [-0.3, -0.25) is 14.5 Å². The molecule has 3 aliphatic rings. The van der Waals surface area contributed by atoms with Gasteiger partial charge >= 0.3 is 0 Å². The number of hydrogen-bond donors (Lipinski definition) is 0. The van der Waals surface area contributed by atoms with Crippen molar-refractivity contribution in [2.45, 2.75) is 18.4 Å². The molecule has 0 amide bonds. The van der Waals surface area contributed by atoms with Crippen LogP contribution in [-0.4, -0.2) is 54.1 Å². The molecule has 0 atom stereocenters. The van der Waals surface area contributed by atoms with Gasteiger partial charge in [0.05, 0.1) is 0 Å². The molecule has 2 aromatic rings. The molecule has 0 aromatic heterocycles.